The molecule has 0 bridgehead atoms. The molecule has 0 saturated carbocycles. The van der Waals surface area contributed by atoms with E-state index in [9.17, 15) is 4.79 Å². The van der Waals surface area contributed by atoms with Gasteiger partial charge < -0.3 is 11.1 Å². The van der Waals surface area contributed by atoms with Gasteiger partial charge in [0.05, 0.1) is 5.69 Å². The van der Waals surface area contributed by atoms with E-state index in [1.54, 1.807) is 12.1 Å². The average molecular weight is 363 g/mol. The van der Waals surface area contributed by atoms with E-state index in [0.717, 1.165) is 15.6 Å². The minimum Gasteiger partial charge on any atom is -0.389 e. The number of amides is 1. The van der Waals surface area contributed by atoms with Crippen molar-refractivity contribution in [3.63, 3.8) is 0 Å². The summed E-state index contributed by atoms with van der Waals surface area (Å²) in [7, 11) is 0. The van der Waals surface area contributed by atoms with Crippen LogP contribution in [-0.2, 0) is 0 Å². The maximum absolute atomic E-state index is 12.5. The van der Waals surface area contributed by atoms with E-state index in [0.29, 0.717) is 16.8 Å². The third-order valence-electron chi connectivity index (χ3n) is 3.20. The molecule has 21 heavy (non-hydrogen) atoms. The van der Waals surface area contributed by atoms with E-state index >= 15 is 0 Å². The Balaban J connectivity index is 2.40. The van der Waals surface area contributed by atoms with Gasteiger partial charge in [-0.15, -0.1) is 0 Å². The highest BCUT2D eigenvalue weighted by Gasteiger charge is 2.14. The molecule has 2 aromatic rings. The Hall–Kier alpha value is -1.72. The number of thiocarbonyl (C=S) groups is 1. The van der Waals surface area contributed by atoms with Crippen LogP contribution in [0.3, 0.4) is 0 Å². The lowest BCUT2D eigenvalue weighted by atomic mass is 10.0. The van der Waals surface area contributed by atoms with Crippen molar-refractivity contribution in [2.45, 2.75) is 13.8 Å². The van der Waals surface area contributed by atoms with Gasteiger partial charge >= 0.3 is 0 Å². The number of halogens is 1. The Morgan fingerprint density at radius 1 is 1.19 bits per heavy atom. The first-order valence-corrected chi connectivity index (χ1v) is 7.57. The van der Waals surface area contributed by atoms with Crippen molar-refractivity contribution in [3.05, 3.63) is 63.1 Å². The molecule has 0 unspecified atom stereocenters. The van der Waals surface area contributed by atoms with Crippen LogP contribution < -0.4 is 11.1 Å². The van der Waals surface area contributed by atoms with Gasteiger partial charge in [0, 0.05) is 15.6 Å². The van der Waals surface area contributed by atoms with Gasteiger partial charge in [-0.3, -0.25) is 4.79 Å². The number of anilines is 1. The monoisotopic (exact) mass is 362 g/mol. The maximum atomic E-state index is 12.5. The quantitative estimate of drug-likeness (QED) is 0.812. The van der Waals surface area contributed by atoms with Crippen LogP contribution in [0.4, 0.5) is 5.69 Å². The molecule has 0 spiro atoms. The van der Waals surface area contributed by atoms with Crippen molar-refractivity contribution in [3.8, 4) is 0 Å². The zero-order valence-electron chi connectivity index (χ0n) is 11.7. The standard InChI is InChI=1S/C16H15BrN2OS/c1-9-4-3-5-10(2)14(9)16(20)19-13-8-11(17)6-7-12(13)15(18)21/h3-8H,1-2H3,(H2,18,21)(H,19,20). The number of hydrogen-bond donors (Lipinski definition) is 2. The van der Waals surface area contributed by atoms with E-state index < -0.39 is 0 Å². The number of carbonyl (C=O) groups is 1. The van der Waals surface area contributed by atoms with Gasteiger partial charge in [-0.05, 0) is 43.2 Å². The van der Waals surface area contributed by atoms with Crippen molar-refractivity contribution < 1.29 is 4.79 Å². The highest BCUT2D eigenvalue weighted by Crippen LogP contribution is 2.23. The van der Waals surface area contributed by atoms with Crippen molar-refractivity contribution in [2.24, 2.45) is 5.73 Å². The van der Waals surface area contributed by atoms with Crippen LogP contribution >= 0.6 is 28.1 Å². The largest absolute Gasteiger partial charge is 0.389 e. The predicted molar refractivity (Wildman–Crippen MR) is 93.9 cm³/mol. The molecule has 1 amide bonds. The van der Waals surface area contributed by atoms with E-state index in [1.807, 2.05) is 38.1 Å². The summed E-state index contributed by atoms with van der Waals surface area (Å²) >= 11 is 8.41. The lowest BCUT2D eigenvalue weighted by Crippen LogP contribution is -2.19. The Morgan fingerprint density at radius 2 is 1.81 bits per heavy atom. The molecule has 2 aromatic carbocycles. The second-order valence-corrected chi connectivity index (χ2v) is 6.13. The summed E-state index contributed by atoms with van der Waals surface area (Å²) in [6.07, 6.45) is 0. The SMILES string of the molecule is Cc1cccc(C)c1C(=O)Nc1cc(Br)ccc1C(N)=S. The molecule has 0 aromatic heterocycles. The molecule has 2 rings (SSSR count). The normalized spacial score (nSPS) is 10.2. The fraction of sp³-hybridized carbons (Fsp3) is 0.125. The minimum atomic E-state index is -0.166. The zero-order chi connectivity index (χ0) is 15.6. The van der Waals surface area contributed by atoms with E-state index in [1.165, 1.54) is 0 Å². The second-order valence-electron chi connectivity index (χ2n) is 4.78. The van der Waals surface area contributed by atoms with Crippen molar-refractivity contribution >= 4 is 44.7 Å². The van der Waals surface area contributed by atoms with Crippen molar-refractivity contribution in [1.82, 2.24) is 0 Å². The fourth-order valence-electron chi connectivity index (χ4n) is 2.19. The molecule has 0 fully saturated rings. The Labute approximate surface area is 137 Å². The number of benzene rings is 2. The highest BCUT2D eigenvalue weighted by molar-refractivity contribution is 9.10. The van der Waals surface area contributed by atoms with Gasteiger partial charge in [-0.1, -0.05) is 46.3 Å². The Bertz CT molecular complexity index is 708. The van der Waals surface area contributed by atoms with Gasteiger partial charge in [-0.2, -0.15) is 0 Å². The van der Waals surface area contributed by atoms with Gasteiger partial charge in [-0.25, -0.2) is 0 Å². The first-order valence-electron chi connectivity index (χ1n) is 6.37. The number of hydrogen-bond acceptors (Lipinski definition) is 2. The van der Waals surface area contributed by atoms with Gasteiger partial charge in [0.25, 0.3) is 5.91 Å². The third kappa shape index (κ3) is 3.49. The summed E-state index contributed by atoms with van der Waals surface area (Å²) in [5, 5.41) is 2.89. The molecule has 0 atom stereocenters. The summed E-state index contributed by atoms with van der Waals surface area (Å²) < 4.78 is 0.847. The van der Waals surface area contributed by atoms with E-state index in [-0.39, 0.29) is 10.9 Å². The first-order chi connectivity index (χ1) is 9.90. The molecular formula is C16H15BrN2OS. The molecule has 0 aliphatic rings. The molecular weight excluding hydrogens is 348 g/mol. The number of nitrogens with one attached hydrogen (secondary N) is 1. The van der Waals surface area contributed by atoms with Crippen LogP contribution in [0.25, 0.3) is 0 Å². The predicted octanol–water partition coefficient (Wildman–Crippen LogP) is 3.95. The Kier molecular flexibility index (Phi) is 4.75. The third-order valence-corrected chi connectivity index (χ3v) is 3.92. The highest BCUT2D eigenvalue weighted by atomic mass is 79.9. The lowest BCUT2D eigenvalue weighted by Gasteiger charge is -2.13. The van der Waals surface area contributed by atoms with Crippen LogP contribution in [0.2, 0.25) is 0 Å². The fourth-order valence-corrected chi connectivity index (χ4v) is 2.73. The Morgan fingerprint density at radius 3 is 2.38 bits per heavy atom. The van der Waals surface area contributed by atoms with Crippen molar-refractivity contribution in [2.75, 3.05) is 5.32 Å². The summed E-state index contributed by atoms with van der Waals surface area (Å²) in [5.74, 6) is -0.166. The number of rotatable bonds is 3. The smallest absolute Gasteiger partial charge is 0.256 e. The summed E-state index contributed by atoms with van der Waals surface area (Å²) in [5.41, 5.74) is 9.48. The molecule has 3 nitrogen and oxygen atoms in total. The molecule has 0 aliphatic carbocycles. The molecule has 3 N–H and O–H groups in total. The molecule has 0 aliphatic heterocycles. The first kappa shape index (κ1) is 15.7. The number of nitrogens with two attached hydrogens (primary N) is 1. The minimum absolute atomic E-state index is 0.166. The molecule has 0 radical (unpaired) electrons. The van der Waals surface area contributed by atoms with Crippen LogP contribution in [0, 0.1) is 13.8 Å². The molecule has 0 heterocycles. The molecule has 5 heteroatoms. The summed E-state index contributed by atoms with van der Waals surface area (Å²) in [6, 6.07) is 11.2. The van der Waals surface area contributed by atoms with Crippen LogP contribution in [0.5, 0.6) is 0 Å². The average Bonchev–Trinajstić information content (AvgIpc) is 2.38. The van der Waals surface area contributed by atoms with Gasteiger partial charge in [0.15, 0.2) is 0 Å². The summed E-state index contributed by atoms with van der Waals surface area (Å²) in [6.45, 7) is 3.83. The number of carbonyl (C=O) groups excluding carboxylic acids is 1. The topological polar surface area (TPSA) is 55.1 Å². The molecule has 0 saturated heterocycles. The van der Waals surface area contributed by atoms with E-state index in [4.69, 9.17) is 18.0 Å². The van der Waals surface area contributed by atoms with Crippen LogP contribution in [-0.4, -0.2) is 10.9 Å². The maximum Gasteiger partial charge on any atom is 0.256 e. The zero-order valence-corrected chi connectivity index (χ0v) is 14.1. The van der Waals surface area contributed by atoms with Crippen LogP contribution in [0.1, 0.15) is 27.0 Å². The summed E-state index contributed by atoms with van der Waals surface area (Å²) in [4.78, 5) is 12.8. The van der Waals surface area contributed by atoms with Crippen LogP contribution in [0.15, 0.2) is 40.9 Å². The van der Waals surface area contributed by atoms with Gasteiger partial charge in [0.2, 0.25) is 0 Å². The number of aryl methyl sites for hydroxylation is 2. The molecule has 108 valence electrons. The van der Waals surface area contributed by atoms with Crippen molar-refractivity contribution in [1.29, 1.82) is 0 Å². The second kappa shape index (κ2) is 6.37. The lowest BCUT2D eigenvalue weighted by molar-refractivity contribution is 0.102. The van der Waals surface area contributed by atoms with E-state index in [2.05, 4.69) is 21.2 Å². The van der Waals surface area contributed by atoms with Gasteiger partial charge in [0.1, 0.15) is 4.99 Å².